The number of amides is 2. The van der Waals surface area contributed by atoms with Gasteiger partial charge in [0.05, 0.1) is 42.5 Å². The second-order valence-corrected chi connectivity index (χ2v) is 6.53. The highest BCUT2D eigenvalue weighted by Gasteiger charge is 2.21. The van der Waals surface area contributed by atoms with Crippen LogP contribution >= 0.6 is 0 Å². The predicted octanol–water partition coefficient (Wildman–Crippen LogP) is 2.77. The summed E-state index contributed by atoms with van der Waals surface area (Å²) in [5.74, 6) is -0.462. The Hall–Kier alpha value is -3.42. The molecule has 0 bridgehead atoms. The molecule has 3 rings (SSSR count). The van der Waals surface area contributed by atoms with Crippen LogP contribution in [-0.4, -0.2) is 28.1 Å². The molecule has 0 aliphatic rings. The van der Waals surface area contributed by atoms with Gasteiger partial charge in [0, 0.05) is 0 Å². The zero-order chi connectivity index (χ0) is 20.1. The van der Waals surface area contributed by atoms with E-state index in [-0.39, 0.29) is 30.7 Å². The van der Waals surface area contributed by atoms with Crippen molar-refractivity contribution in [1.29, 1.82) is 0 Å². The van der Waals surface area contributed by atoms with E-state index >= 15 is 0 Å². The van der Waals surface area contributed by atoms with E-state index in [4.69, 9.17) is 4.42 Å². The van der Waals surface area contributed by atoms with Gasteiger partial charge in [-0.3, -0.25) is 9.59 Å². The van der Waals surface area contributed by atoms with E-state index < -0.39 is 5.91 Å². The van der Waals surface area contributed by atoms with Crippen molar-refractivity contribution < 1.29 is 18.4 Å². The number of nitrogens with zero attached hydrogens (tertiary/aromatic N) is 2. The van der Waals surface area contributed by atoms with Gasteiger partial charge in [0.1, 0.15) is 11.6 Å². The summed E-state index contributed by atoms with van der Waals surface area (Å²) in [6.45, 7) is 3.95. The van der Waals surface area contributed by atoms with Crippen LogP contribution in [0.4, 0.5) is 4.39 Å². The number of carbonyl (C=O) groups is 2. The lowest BCUT2D eigenvalue weighted by Gasteiger charge is -2.13. The van der Waals surface area contributed by atoms with Crippen molar-refractivity contribution in [2.24, 2.45) is 0 Å². The minimum atomic E-state index is -0.398. The first-order valence-electron chi connectivity index (χ1n) is 8.87. The predicted molar refractivity (Wildman–Crippen MR) is 100 cm³/mol. The Bertz CT molecular complexity index is 947. The van der Waals surface area contributed by atoms with Crippen LogP contribution in [0.2, 0.25) is 0 Å². The molecule has 146 valence electrons. The van der Waals surface area contributed by atoms with Crippen molar-refractivity contribution in [2.75, 3.05) is 6.54 Å². The second kappa shape index (κ2) is 8.51. The van der Waals surface area contributed by atoms with E-state index in [2.05, 4.69) is 15.7 Å². The average molecular weight is 384 g/mol. The van der Waals surface area contributed by atoms with Crippen molar-refractivity contribution in [3.63, 3.8) is 0 Å². The third-order valence-corrected chi connectivity index (χ3v) is 4.12. The first kappa shape index (κ1) is 19.3. The molecule has 2 aromatic heterocycles. The van der Waals surface area contributed by atoms with E-state index in [1.54, 1.807) is 28.9 Å². The first-order valence-corrected chi connectivity index (χ1v) is 8.87. The standard InChI is InChI=1S/C20H21FN4O3/c1-13(2)19-17(11-24-25(19)15-7-5-14(21)6-8-15)20(27)23-12-18(26)22-10-16-4-3-9-28-16/h3-9,11,13H,10,12H2,1-2H3,(H,22,26)(H,23,27). The molecule has 2 amide bonds. The lowest BCUT2D eigenvalue weighted by atomic mass is 10.0. The summed E-state index contributed by atoms with van der Waals surface area (Å²) in [4.78, 5) is 24.5. The maximum atomic E-state index is 13.2. The van der Waals surface area contributed by atoms with Crippen molar-refractivity contribution in [1.82, 2.24) is 20.4 Å². The highest BCUT2D eigenvalue weighted by molar-refractivity contribution is 5.97. The molecule has 0 atom stereocenters. The quantitative estimate of drug-likeness (QED) is 0.656. The number of carbonyl (C=O) groups excluding carboxylic acids is 2. The maximum absolute atomic E-state index is 13.2. The Morgan fingerprint density at radius 2 is 1.93 bits per heavy atom. The fraction of sp³-hybridized carbons (Fsp3) is 0.250. The molecule has 0 aliphatic heterocycles. The van der Waals surface area contributed by atoms with Gasteiger partial charge in [-0.25, -0.2) is 9.07 Å². The summed E-state index contributed by atoms with van der Waals surface area (Å²) in [6.07, 6.45) is 2.98. The zero-order valence-electron chi connectivity index (χ0n) is 15.6. The van der Waals surface area contributed by atoms with E-state index in [9.17, 15) is 14.0 Å². The molecule has 3 aromatic rings. The summed E-state index contributed by atoms with van der Waals surface area (Å²) >= 11 is 0. The highest BCUT2D eigenvalue weighted by atomic mass is 19.1. The minimum Gasteiger partial charge on any atom is -0.467 e. The van der Waals surface area contributed by atoms with Gasteiger partial charge in [-0.1, -0.05) is 13.8 Å². The molecular weight excluding hydrogens is 363 g/mol. The van der Waals surface area contributed by atoms with E-state index in [1.807, 2.05) is 13.8 Å². The molecule has 2 heterocycles. The van der Waals surface area contributed by atoms with Crippen LogP contribution in [0.3, 0.4) is 0 Å². The van der Waals surface area contributed by atoms with Crippen LogP contribution in [0.25, 0.3) is 5.69 Å². The SMILES string of the molecule is CC(C)c1c(C(=O)NCC(=O)NCc2ccco2)cnn1-c1ccc(F)cc1. The summed E-state index contributed by atoms with van der Waals surface area (Å²) < 4.78 is 19.9. The monoisotopic (exact) mass is 384 g/mol. The van der Waals surface area contributed by atoms with Crippen molar-refractivity contribution >= 4 is 11.8 Å². The van der Waals surface area contributed by atoms with E-state index in [0.29, 0.717) is 22.7 Å². The first-order chi connectivity index (χ1) is 13.5. The van der Waals surface area contributed by atoms with Gasteiger partial charge in [0.2, 0.25) is 5.91 Å². The van der Waals surface area contributed by atoms with Crippen molar-refractivity contribution in [2.45, 2.75) is 26.3 Å². The number of hydrogen-bond acceptors (Lipinski definition) is 4. The molecule has 7 nitrogen and oxygen atoms in total. The topological polar surface area (TPSA) is 89.2 Å². The normalized spacial score (nSPS) is 10.9. The Morgan fingerprint density at radius 1 is 1.18 bits per heavy atom. The minimum absolute atomic E-state index is 0.0129. The summed E-state index contributed by atoms with van der Waals surface area (Å²) in [7, 11) is 0. The number of benzene rings is 1. The number of halogens is 1. The lowest BCUT2D eigenvalue weighted by Crippen LogP contribution is -2.36. The molecule has 2 N–H and O–H groups in total. The molecular formula is C20H21FN4O3. The van der Waals surface area contributed by atoms with Gasteiger partial charge < -0.3 is 15.1 Å². The highest BCUT2D eigenvalue weighted by Crippen LogP contribution is 2.23. The van der Waals surface area contributed by atoms with Crippen LogP contribution in [0.15, 0.2) is 53.3 Å². The number of aromatic nitrogens is 2. The fourth-order valence-corrected chi connectivity index (χ4v) is 2.79. The van der Waals surface area contributed by atoms with Crippen LogP contribution in [-0.2, 0) is 11.3 Å². The Balaban J connectivity index is 1.67. The largest absolute Gasteiger partial charge is 0.467 e. The second-order valence-electron chi connectivity index (χ2n) is 6.53. The van der Waals surface area contributed by atoms with Crippen molar-refractivity contribution in [3.8, 4) is 5.69 Å². The Labute approximate surface area is 161 Å². The molecule has 0 fully saturated rings. The van der Waals surface area contributed by atoms with Crippen molar-refractivity contribution in [3.05, 3.63) is 71.7 Å². The molecule has 0 saturated carbocycles. The number of hydrogen-bond donors (Lipinski definition) is 2. The van der Waals surface area contributed by atoms with Gasteiger partial charge >= 0.3 is 0 Å². The molecule has 0 saturated heterocycles. The number of furan rings is 1. The molecule has 0 radical (unpaired) electrons. The van der Waals surface area contributed by atoms with Gasteiger partial charge in [0.15, 0.2) is 0 Å². The van der Waals surface area contributed by atoms with Gasteiger partial charge in [-0.2, -0.15) is 5.10 Å². The number of rotatable bonds is 7. The van der Waals surface area contributed by atoms with Gasteiger partial charge in [0.25, 0.3) is 5.91 Å². The molecule has 0 unspecified atom stereocenters. The third-order valence-electron chi connectivity index (χ3n) is 4.12. The summed E-state index contributed by atoms with van der Waals surface area (Å²) in [6, 6.07) is 9.34. The average Bonchev–Trinajstić information content (AvgIpc) is 3.34. The van der Waals surface area contributed by atoms with Crippen LogP contribution < -0.4 is 10.6 Å². The molecule has 28 heavy (non-hydrogen) atoms. The maximum Gasteiger partial charge on any atom is 0.255 e. The van der Waals surface area contributed by atoms with Crippen LogP contribution in [0.5, 0.6) is 0 Å². The number of nitrogens with one attached hydrogen (secondary N) is 2. The summed E-state index contributed by atoms with van der Waals surface area (Å²) in [5.41, 5.74) is 1.71. The van der Waals surface area contributed by atoms with Gasteiger partial charge in [-0.05, 0) is 42.3 Å². The van der Waals surface area contributed by atoms with E-state index in [0.717, 1.165) is 0 Å². The molecule has 8 heteroatoms. The molecule has 1 aromatic carbocycles. The third kappa shape index (κ3) is 4.46. The van der Waals surface area contributed by atoms with Crippen LogP contribution in [0.1, 0.15) is 41.6 Å². The smallest absolute Gasteiger partial charge is 0.255 e. The lowest BCUT2D eigenvalue weighted by molar-refractivity contribution is -0.120. The Morgan fingerprint density at radius 3 is 2.57 bits per heavy atom. The fourth-order valence-electron chi connectivity index (χ4n) is 2.79. The summed E-state index contributed by atoms with van der Waals surface area (Å²) in [5, 5.41) is 9.54. The van der Waals surface area contributed by atoms with Crippen LogP contribution in [0, 0.1) is 5.82 Å². The Kier molecular flexibility index (Phi) is 5.88. The zero-order valence-corrected chi connectivity index (χ0v) is 15.6. The molecule has 0 spiro atoms. The van der Waals surface area contributed by atoms with Gasteiger partial charge in [-0.15, -0.1) is 0 Å². The van der Waals surface area contributed by atoms with E-state index in [1.165, 1.54) is 24.6 Å². The molecule has 0 aliphatic carbocycles.